The number of rotatable bonds is 7. The van der Waals surface area contributed by atoms with E-state index < -0.39 is 0 Å². The number of likely N-dealkylation sites (tertiary alicyclic amines) is 1. The average molecular weight is 394 g/mol. The van der Waals surface area contributed by atoms with E-state index in [0.29, 0.717) is 19.0 Å². The molecule has 1 aliphatic heterocycles. The number of para-hydroxylation sites is 1. The number of amides is 2. The number of hydrogen-bond donors (Lipinski definition) is 2. The Morgan fingerprint density at radius 1 is 1.03 bits per heavy atom. The van der Waals surface area contributed by atoms with Crippen LogP contribution in [0.15, 0.2) is 60.7 Å². The van der Waals surface area contributed by atoms with Gasteiger partial charge in [-0.1, -0.05) is 62.4 Å². The molecule has 0 aromatic heterocycles. The lowest BCUT2D eigenvalue weighted by Gasteiger charge is -2.32. The largest absolute Gasteiger partial charge is 0.348 e. The van der Waals surface area contributed by atoms with Crippen molar-refractivity contribution in [3.63, 3.8) is 0 Å². The van der Waals surface area contributed by atoms with Gasteiger partial charge in [-0.3, -0.25) is 14.5 Å². The summed E-state index contributed by atoms with van der Waals surface area (Å²) in [7, 11) is 0. The molecular formula is C24H31N3O2. The molecule has 1 aliphatic rings. The molecule has 2 aromatic carbocycles. The lowest BCUT2D eigenvalue weighted by molar-refractivity contribution is -0.126. The first-order chi connectivity index (χ1) is 14.0. The van der Waals surface area contributed by atoms with Crippen LogP contribution in [0.3, 0.4) is 0 Å². The van der Waals surface area contributed by atoms with Gasteiger partial charge in [0, 0.05) is 12.2 Å². The van der Waals surface area contributed by atoms with Crippen LogP contribution in [0.1, 0.15) is 38.3 Å². The van der Waals surface area contributed by atoms with Crippen LogP contribution < -0.4 is 10.6 Å². The van der Waals surface area contributed by atoms with Crippen molar-refractivity contribution in [2.24, 2.45) is 11.8 Å². The first-order valence-corrected chi connectivity index (χ1v) is 10.5. The number of carbonyl (C=O) groups is 2. The van der Waals surface area contributed by atoms with E-state index in [1.165, 1.54) is 0 Å². The Balaban J connectivity index is 1.54. The van der Waals surface area contributed by atoms with Crippen molar-refractivity contribution in [2.75, 3.05) is 25.0 Å². The summed E-state index contributed by atoms with van der Waals surface area (Å²) >= 11 is 0. The van der Waals surface area contributed by atoms with Crippen LogP contribution in [0.2, 0.25) is 0 Å². The highest BCUT2D eigenvalue weighted by molar-refractivity contribution is 5.92. The fourth-order valence-electron chi connectivity index (χ4n) is 3.90. The van der Waals surface area contributed by atoms with Gasteiger partial charge in [0.15, 0.2) is 0 Å². The molecule has 0 radical (unpaired) electrons. The fourth-order valence-corrected chi connectivity index (χ4v) is 3.90. The van der Waals surface area contributed by atoms with E-state index >= 15 is 0 Å². The maximum Gasteiger partial charge on any atom is 0.234 e. The lowest BCUT2D eigenvalue weighted by atomic mass is 9.95. The molecular weight excluding hydrogens is 362 g/mol. The minimum atomic E-state index is -0.0909. The Morgan fingerprint density at radius 2 is 1.69 bits per heavy atom. The van der Waals surface area contributed by atoms with Gasteiger partial charge in [0.25, 0.3) is 0 Å². The third-order valence-corrected chi connectivity index (χ3v) is 5.43. The highest BCUT2D eigenvalue weighted by atomic mass is 16.2. The van der Waals surface area contributed by atoms with E-state index in [-0.39, 0.29) is 23.8 Å². The quantitative estimate of drug-likeness (QED) is 0.751. The molecule has 2 atom stereocenters. The topological polar surface area (TPSA) is 61.4 Å². The van der Waals surface area contributed by atoms with Gasteiger partial charge in [0.2, 0.25) is 11.8 Å². The molecule has 0 spiro atoms. The molecule has 0 unspecified atom stereocenters. The van der Waals surface area contributed by atoms with Gasteiger partial charge < -0.3 is 10.6 Å². The maximum absolute atomic E-state index is 12.7. The van der Waals surface area contributed by atoms with Crippen molar-refractivity contribution in [3.05, 3.63) is 66.2 Å². The van der Waals surface area contributed by atoms with Crippen LogP contribution in [0.5, 0.6) is 0 Å². The normalized spacial score (nSPS) is 18.2. The Morgan fingerprint density at radius 3 is 2.34 bits per heavy atom. The van der Waals surface area contributed by atoms with Crippen LogP contribution in [-0.2, 0) is 9.59 Å². The van der Waals surface area contributed by atoms with Crippen LogP contribution in [0, 0.1) is 11.8 Å². The van der Waals surface area contributed by atoms with Gasteiger partial charge in [-0.05, 0) is 43.0 Å². The monoisotopic (exact) mass is 393 g/mol. The molecule has 0 saturated carbocycles. The van der Waals surface area contributed by atoms with E-state index in [0.717, 1.165) is 30.6 Å². The molecule has 2 aromatic rings. The number of nitrogens with zero attached hydrogens (tertiary/aromatic N) is 1. The van der Waals surface area contributed by atoms with Crippen LogP contribution in [-0.4, -0.2) is 36.3 Å². The molecule has 0 aliphatic carbocycles. The maximum atomic E-state index is 12.7. The summed E-state index contributed by atoms with van der Waals surface area (Å²) in [4.78, 5) is 27.4. The second-order valence-electron chi connectivity index (χ2n) is 8.13. The zero-order chi connectivity index (χ0) is 20.6. The third-order valence-electron chi connectivity index (χ3n) is 5.43. The van der Waals surface area contributed by atoms with Gasteiger partial charge in [-0.2, -0.15) is 0 Å². The Bertz CT molecular complexity index is 792. The Labute approximate surface area is 173 Å². The molecule has 1 heterocycles. The van der Waals surface area contributed by atoms with Crippen molar-refractivity contribution >= 4 is 17.5 Å². The van der Waals surface area contributed by atoms with Crippen LogP contribution in [0.4, 0.5) is 5.69 Å². The van der Waals surface area contributed by atoms with Gasteiger partial charge >= 0.3 is 0 Å². The number of anilines is 1. The molecule has 1 saturated heterocycles. The Hall–Kier alpha value is -2.66. The first-order valence-electron chi connectivity index (χ1n) is 10.5. The second kappa shape index (κ2) is 10.2. The number of hydrogen-bond acceptors (Lipinski definition) is 3. The summed E-state index contributed by atoms with van der Waals surface area (Å²) in [5, 5.41) is 6.17. The summed E-state index contributed by atoms with van der Waals surface area (Å²) in [6, 6.07) is 19.6. The molecule has 2 N–H and O–H groups in total. The van der Waals surface area contributed by atoms with Crippen LogP contribution >= 0.6 is 0 Å². The summed E-state index contributed by atoms with van der Waals surface area (Å²) in [6.45, 7) is 6.01. The second-order valence-corrected chi connectivity index (χ2v) is 8.13. The summed E-state index contributed by atoms with van der Waals surface area (Å²) < 4.78 is 0. The van der Waals surface area contributed by atoms with Crippen molar-refractivity contribution in [1.82, 2.24) is 10.2 Å². The van der Waals surface area contributed by atoms with Crippen molar-refractivity contribution in [1.29, 1.82) is 0 Å². The molecule has 3 rings (SSSR count). The minimum Gasteiger partial charge on any atom is -0.348 e. The van der Waals surface area contributed by atoms with E-state index in [2.05, 4.69) is 41.5 Å². The number of benzene rings is 2. The SMILES string of the molecule is CC(C)[C@H](NC(=O)CN1CCC[C@@H](C(=O)Nc2ccccc2)C1)c1ccccc1. The highest BCUT2D eigenvalue weighted by Gasteiger charge is 2.27. The molecule has 154 valence electrons. The van der Waals surface area contributed by atoms with Gasteiger partial charge in [0.1, 0.15) is 0 Å². The van der Waals surface area contributed by atoms with Crippen molar-refractivity contribution in [2.45, 2.75) is 32.7 Å². The Kier molecular flexibility index (Phi) is 7.42. The smallest absolute Gasteiger partial charge is 0.234 e. The van der Waals surface area contributed by atoms with Gasteiger partial charge in [0.05, 0.1) is 18.5 Å². The molecule has 29 heavy (non-hydrogen) atoms. The number of nitrogens with one attached hydrogen (secondary N) is 2. The number of piperidine rings is 1. The first kappa shape index (κ1) is 21.1. The standard InChI is InChI=1S/C24H31N3O2/c1-18(2)23(19-10-5-3-6-11-19)26-22(28)17-27-15-9-12-20(16-27)24(29)25-21-13-7-4-8-14-21/h3-8,10-11,13-14,18,20,23H,9,12,15-17H2,1-2H3,(H,25,29)(H,26,28)/t20-,23+/m1/s1. The van der Waals surface area contributed by atoms with Crippen molar-refractivity contribution in [3.8, 4) is 0 Å². The summed E-state index contributed by atoms with van der Waals surface area (Å²) in [5.41, 5.74) is 1.93. The average Bonchev–Trinajstić information content (AvgIpc) is 2.73. The molecule has 2 amide bonds. The predicted molar refractivity (Wildman–Crippen MR) is 116 cm³/mol. The lowest BCUT2D eigenvalue weighted by Crippen LogP contribution is -2.46. The van der Waals surface area contributed by atoms with E-state index in [4.69, 9.17) is 0 Å². The van der Waals surface area contributed by atoms with E-state index in [1.807, 2.05) is 48.5 Å². The van der Waals surface area contributed by atoms with Gasteiger partial charge in [-0.25, -0.2) is 0 Å². The predicted octanol–water partition coefficient (Wildman–Crippen LogP) is 3.85. The molecule has 0 bridgehead atoms. The van der Waals surface area contributed by atoms with Crippen molar-refractivity contribution < 1.29 is 9.59 Å². The fraction of sp³-hybridized carbons (Fsp3) is 0.417. The van der Waals surface area contributed by atoms with E-state index in [1.54, 1.807) is 0 Å². The highest BCUT2D eigenvalue weighted by Crippen LogP contribution is 2.22. The minimum absolute atomic E-state index is 0.00864. The van der Waals surface area contributed by atoms with Gasteiger partial charge in [-0.15, -0.1) is 0 Å². The molecule has 5 nitrogen and oxygen atoms in total. The third kappa shape index (κ3) is 6.16. The van der Waals surface area contributed by atoms with Crippen LogP contribution in [0.25, 0.3) is 0 Å². The summed E-state index contributed by atoms with van der Waals surface area (Å²) in [6.07, 6.45) is 1.78. The molecule has 5 heteroatoms. The molecule has 1 fully saturated rings. The van der Waals surface area contributed by atoms with E-state index in [9.17, 15) is 9.59 Å². The number of carbonyl (C=O) groups excluding carboxylic acids is 2. The zero-order valence-corrected chi connectivity index (χ0v) is 17.3. The summed E-state index contributed by atoms with van der Waals surface area (Å²) in [5.74, 6) is 0.251. The zero-order valence-electron chi connectivity index (χ0n) is 17.3.